The van der Waals surface area contributed by atoms with Crippen molar-refractivity contribution in [2.75, 3.05) is 33.0 Å². The van der Waals surface area contributed by atoms with Crippen LogP contribution in [0.1, 0.15) is 34.6 Å². The Balaban J connectivity index is 4.54. The Morgan fingerprint density at radius 1 is 0.812 bits per heavy atom. The molecule has 0 saturated heterocycles. The number of rotatable bonds is 10. The third-order valence-electron chi connectivity index (χ3n) is 2.21. The Hall–Kier alpha value is 0.0569. The predicted octanol–water partition coefficient (Wildman–Crippen LogP) is 2.46. The molecule has 0 aromatic rings. The Labute approximate surface area is 101 Å². The molecule has 0 aromatic carbocycles. The number of ether oxygens (including phenoxy) is 1. The van der Waals surface area contributed by atoms with E-state index in [0.29, 0.717) is 33.0 Å². The molecule has 0 fully saturated rings. The van der Waals surface area contributed by atoms with E-state index >= 15 is 0 Å². The van der Waals surface area contributed by atoms with Crippen molar-refractivity contribution in [3.05, 3.63) is 0 Å². The fraction of sp³-hybridized carbons (Fsp3) is 1.00. The minimum Gasteiger partial charge on any atom is -0.381 e. The molecule has 0 bridgehead atoms. The fourth-order valence-corrected chi connectivity index (χ4v) is 4.18. The second-order valence-electron chi connectivity index (χ2n) is 3.46. The molecule has 0 aromatic heterocycles. The van der Waals surface area contributed by atoms with Gasteiger partial charge in [0.2, 0.25) is 0 Å². The molecule has 4 nitrogen and oxygen atoms in total. The number of hydrogen-bond acceptors (Lipinski definition) is 4. The minimum absolute atomic E-state index is 0.173. The molecule has 0 heterocycles. The lowest BCUT2D eigenvalue weighted by molar-refractivity contribution is 0.0452. The van der Waals surface area contributed by atoms with Crippen LogP contribution in [0.4, 0.5) is 0 Å². The van der Waals surface area contributed by atoms with Crippen LogP contribution in [-0.2, 0) is 18.0 Å². The van der Waals surface area contributed by atoms with Crippen LogP contribution in [0.15, 0.2) is 0 Å². The predicted molar refractivity (Wildman–Crippen MR) is 66.5 cm³/mol. The SMILES string of the molecule is CCOCC(C)[Si](OCC)(OCC)OCC. The summed E-state index contributed by atoms with van der Waals surface area (Å²) < 4.78 is 22.8. The first-order chi connectivity index (χ1) is 7.66. The quantitative estimate of drug-likeness (QED) is 0.558. The van der Waals surface area contributed by atoms with E-state index in [0.717, 1.165) is 0 Å². The molecule has 0 aliphatic heterocycles. The molecule has 1 atom stereocenters. The van der Waals surface area contributed by atoms with Gasteiger partial charge in [-0.3, -0.25) is 0 Å². The molecule has 16 heavy (non-hydrogen) atoms. The van der Waals surface area contributed by atoms with Gasteiger partial charge in [-0.15, -0.1) is 0 Å². The van der Waals surface area contributed by atoms with Gasteiger partial charge in [0.1, 0.15) is 0 Å². The first kappa shape index (κ1) is 16.1. The van der Waals surface area contributed by atoms with Gasteiger partial charge in [0.05, 0.1) is 6.61 Å². The van der Waals surface area contributed by atoms with Gasteiger partial charge >= 0.3 is 8.80 Å². The second-order valence-corrected chi connectivity index (χ2v) is 6.52. The summed E-state index contributed by atoms with van der Waals surface area (Å²) in [5, 5.41) is 0. The highest BCUT2D eigenvalue weighted by atomic mass is 28.4. The molecule has 5 heteroatoms. The molecule has 1 unspecified atom stereocenters. The van der Waals surface area contributed by atoms with Gasteiger partial charge in [-0.25, -0.2) is 0 Å². The summed E-state index contributed by atoms with van der Waals surface area (Å²) in [5.41, 5.74) is 0.173. The minimum atomic E-state index is -2.56. The monoisotopic (exact) mass is 250 g/mol. The molecule has 0 aliphatic carbocycles. The molecule has 0 N–H and O–H groups in total. The molecule has 0 amide bonds. The summed E-state index contributed by atoms with van der Waals surface area (Å²) in [4.78, 5) is 0. The lowest BCUT2D eigenvalue weighted by atomic mass is 10.5. The molecule has 0 saturated carbocycles. The second kappa shape index (κ2) is 9.12. The largest absolute Gasteiger partial charge is 0.506 e. The van der Waals surface area contributed by atoms with E-state index in [1.165, 1.54) is 0 Å². The molecular formula is C11H26O4Si. The molecule has 0 radical (unpaired) electrons. The molecule has 98 valence electrons. The lowest BCUT2D eigenvalue weighted by Crippen LogP contribution is -2.50. The number of hydrogen-bond donors (Lipinski definition) is 0. The summed E-state index contributed by atoms with van der Waals surface area (Å²) in [6, 6.07) is 0. The van der Waals surface area contributed by atoms with Gasteiger partial charge in [-0.05, 0) is 27.7 Å². The van der Waals surface area contributed by atoms with E-state index in [-0.39, 0.29) is 5.54 Å². The van der Waals surface area contributed by atoms with Crippen LogP contribution in [0.25, 0.3) is 0 Å². The van der Waals surface area contributed by atoms with Gasteiger partial charge in [-0.2, -0.15) is 0 Å². The highest BCUT2D eigenvalue weighted by Crippen LogP contribution is 2.25. The van der Waals surface area contributed by atoms with Gasteiger partial charge in [0, 0.05) is 32.0 Å². The lowest BCUT2D eigenvalue weighted by Gasteiger charge is -2.33. The summed E-state index contributed by atoms with van der Waals surface area (Å²) in [6.45, 7) is 13.1. The zero-order chi connectivity index (χ0) is 12.4. The molecule has 0 rings (SSSR count). The maximum atomic E-state index is 5.78. The average Bonchev–Trinajstić information content (AvgIpc) is 2.26. The van der Waals surface area contributed by atoms with Gasteiger partial charge in [0.25, 0.3) is 0 Å². The maximum absolute atomic E-state index is 5.78. The van der Waals surface area contributed by atoms with Crippen molar-refractivity contribution in [1.29, 1.82) is 0 Å². The van der Waals surface area contributed by atoms with Crippen molar-refractivity contribution in [2.45, 2.75) is 40.2 Å². The van der Waals surface area contributed by atoms with Crippen molar-refractivity contribution < 1.29 is 18.0 Å². The Morgan fingerprint density at radius 3 is 1.56 bits per heavy atom. The summed E-state index contributed by atoms with van der Waals surface area (Å²) >= 11 is 0. The highest BCUT2D eigenvalue weighted by molar-refractivity contribution is 6.62. The Morgan fingerprint density at radius 2 is 1.25 bits per heavy atom. The van der Waals surface area contributed by atoms with Crippen molar-refractivity contribution in [3.63, 3.8) is 0 Å². The van der Waals surface area contributed by atoms with E-state index < -0.39 is 8.80 Å². The Kier molecular flexibility index (Phi) is 9.16. The molecule has 0 aliphatic rings. The molecular weight excluding hydrogens is 224 g/mol. The van der Waals surface area contributed by atoms with Gasteiger partial charge in [0.15, 0.2) is 0 Å². The highest BCUT2D eigenvalue weighted by Gasteiger charge is 2.46. The van der Waals surface area contributed by atoms with Crippen molar-refractivity contribution in [3.8, 4) is 0 Å². The van der Waals surface area contributed by atoms with Crippen molar-refractivity contribution >= 4 is 8.80 Å². The Bertz CT molecular complexity index is 149. The van der Waals surface area contributed by atoms with Crippen molar-refractivity contribution in [1.82, 2.24) is 0 Å². The first-order valence-electron chi connectivity index (χ1n) is 6.16. The first-order valence-corrected chi connectivity index (χ1v) is 7.96. The van der Waals surface area contributed by atoms with Crippen LogP contribution in [0.3, 0.4) is 0 Å². The van der Waals surface area contributed by atoms with Crippen LogP contribution in [0, 0.1) is 0 Å². The van der Waals surface area contributed by atoms with Crippen LogP contribution < -0.4 is 0 Å². The van der Waals surface area contributed by atoms with Crippen LogP contribution in [0.5, 0.6) is 0 Å². The normalized spacial score (nSPS) is 14.1. The summed E-state index contributed by atoms with van der Waals surface area (Å²) in [7, 11) is -2.56. The van der Waals surface area contributed by atoms with E-state index in [4.69, 9.17) is 18.0 Å². The van der Waals surface area contributed by atoms with Gasteiger partial charge < -0.3 is 18.0 Å². The third kappa shape index (κ3) is 4.93. The van der Waals surface area contributed by atoms with Crippen molar-refractivity contribution in [2.24, 2.45) is 0 Å². The zero-order valence-corrected chi connectivity index (χ0v) is 12.2. The molecule has 0 spiro atoms. The van der Waals surface area contributed by atoms with E-state index in [2.05, 4.69) is 6.92 Å². The smallest absolute Gasteiger partial charge is 0.381 e. The van der Waals surface area contributed by atoms with Crippen LogP contribution in [-0.4, -0.2) is 41.8 Å². The standard InChI is InChI=1S/C11H26O4Si/c1-6-12-10-11(5)16(13-7-2,14-8-3)15-9-4/h11H,6-10H2,1-5H3. The maximum Gasteiger partial charge on any atom is 0.506 e. The topological polar surface area (TPSA) is 36.9 Å². The van der Waals surface area contributed by atoms with E-state index in [9.17, 15) is 0 Å². The van der Waals surface area contributed by atoms with Crippen LogP contribution >= 0.6 is 0 Å². The fourth-order valence-electron chi connectivity index (χ4n) is 1.55. The summed E-state index contributed by atoms with van der Waals surface area (Å²) in [5.74, 6) is 0. The van der Waals surface area contributed by atoms with Crippen LogP contribution in [0.2, 0.25) is 5.54 Å². The third-order valence-corrected chi connectivity index (χ3v) is 5.66. The zero-order valence-electron chi connectivity index (χ0n) is 11.2. The van der Waals surface area contributed by atoms with Gasteiger partial charge in [-0.1, -0.05) is 6.92 Å². The van der Waals surface area contributed by atoms with E-state index in [1.54, 1.807) is 0 Å². The summed E-state index contributed by atoms with van der Waals surface area (Å²) in [6.07, 6.45) is 0. The average molecular weight is 250 g/mol. The van der Waals surface area contributed by atoms with E-state index in [1.807, 2.05) is 27.7 Å².